The van der Waals surface area contributed by atoms with Crippen LogP contribution in [0.1, 0.15) is 32.3 Å². The Balaban J connectivity index is 2.06. The lowest BCUT2D eigenvalue weighted by Gasteiger charge is -2.26. The number of esters is 1. The summed E-state index contributed by atoms with van der Waals surface area (Å²) >= 11 is 6.27. The van der Waals surface area contributed by atoms with E-state index in [-0.39, 0.29) is 11.9 Å². The summed E-state index contributed by atoms with van der Waals surface area (Å²) in [6.07, 6.45) is 0. The van der Waals surface area contributed by atoms with E-state index >= 15 is 0 Å². The molecule has 1 atom stereocenters. The molecule has 1 amide bonds. The van der Waals surface area contributed by atoms with Crippen molar-refractivity contribution in [2.45, 2.75) is 6.04 Å². The van der Waals surface area contributed by atoms with Crippen molar-refractivity contribution in [1.29, 1.82) is 0 Å². The smallest absolute Gasteiger partial charge is 0.337 e. The second-order valence-corrected chi connectivity index (χ2v) is 6.19. The van der Waals surface area contributed by atoms with E-state index in [4.69, 9.17) is 11.6 Å². The van der Waals surface area contributed by atoms with Gasteiger partial charge in [-0.15, -0.1) is 0 Å². The Morgan fingerprint density at radius 3 is 2.24 bits per heavy atom. The van der Waals surface area contributed by atoms with Crippen LogP contribution in [-0.2, 0) is 4.74 Å². The van der Waals surface area contributed by atoms with Crippen LogP contribution in [0.15, 0.2) is 48.5 Å². The number of carbonyl (C=O) groups excluding carboxylic acids is 2. The van der Waals surface area contributed by atoms with Crippen LogP contribution in [0.3, 0.4) is 0 Å². The minimum Gasteiger partial charge on any atom is -0.465 e. The second-order valence-electron chi connectivity index (χ2n) is 5.78. The molecule has 2 aromatic carbocycles. The Bertz CT molecular complexity index is 745. The molecule has 0 bridgehead atoms. The van der Waals surface area contributed by atoms with Gasteiger partial charge in [0, 0.05) is 17.1 Å². The molecule has 25 heavy (non-hydrogen) atoms. The van der Waals surface area contributed by atoms with Crippen LogP contribution in [0.25, 0.3) is 0 Å². The Morgan fingerprint density at radius 1 is 1.08 bits per heavy atom. The molecule has 0 saturated heterocycles. The first-order chi connectivity index (χ1) is 11.9. The van der Waals surface area contributed by atoms with Crippen molar-refractivity contribution in [3.63, 3.8) is 0 Å². The number of nitrogens with one attached hydrogen (secondary N) is 1. The van der Waals surface area contributed by atoms with Gasteiger partial charge >= 0.3 is 5.97 Å². The number of likely N-dealkylation sites (N-methyl/N-ethyl adjacent to an activating group) is 1. The van der Waals surface area contributed by atoms with Gasteiger partial charge in [-0.2, -0.15) is 0 Å². The van der Waals surface area contributed by atoms with Gasteiger partial charge in [-0.05, 0) is 50.0 Å². The maximum absolute atomic E-state index is 12.4. The Labute approximate surface area is 152 Å². The normalized spacial score (nSPS) is 11.9. The minimum absolute atomic E-state index is 0.0491. The fourth-order valence-corrected chi connectivity index (χ4v) is 2.74. The maximum Gasteiger partial charge on any atom is 0.337 e. The van der Waals surface area contributed by atoms with E-state index in [0.717, 1.165) is 5.56 Å². The lowest BCUT2D eigenvalue weighted by Crippen LogP contribution is -2.34. The highest BCUT2D eigenvalue weighted by atomic mass is 35.5. The molecule has 0 fully saturated rings. The van der Waals surface area contributed by atoms with Crippen LogP contribution in [0, 0.1) is 0 Å². The van der Waals surface area contributed by atoms with Gasteiger partial charge in [0.05, 0.1) is 18.7 Å². The van der Waals surface area contributed by atoms with Gasteiger partial charge in [0.1, 0.15) is 0 Å². The summed E-state index contributed by atoms with van der Waals surface area (Å²) in [6, 6.07) is 13.9. The molecular formula is C19H21ClN2O3. The van der Waals surface area contributed by atoms with Gasteiger partial charge in [-0.25, -0.2) is 4.79 Å². The highest BCUT2D eigenvalue weighted by molar-refractivity contribution is 6.31. The molecule has 1 unspecified atom stereocenters. The van der Waals surface area contributed by atoms with E-state index in [9.17, 15) is 9.59 Å². The van der Waals surface area contributed by atoms with Gasteiger partial charge in [0.25, 0.3) is 5.91 Å². The topological polar surface area (TPSA) is 58.6 Å². The predicted molar refractivity (Wildman–Crippen MR) is 98.0 cm³/mol. The molecule has 0 heterocycles. The molecule has 0 aromatic heterocycles. The fraction of sp³-hybridized carbons (Fsp3) is 0.263. The average molecular weight is 361 g/mol. The Kier molecular flexibility index (Phi) is 6.56. The van der Waals surface area contributed by atoms with Gasteiger partial charge in [0.2, 0.25) is 0 Å². The number of hydrogen-bond acceptors (Lipinski definition) is 4. The van der Waals surface area contributed by atoms with E-state index < -0.39 is 5.97 Å². The van der Waals surface area contributed by atoms with Crippen LogP contribution in [0.2, 0.25) is 5.02 Å². The number of amides is 1. The summed E-state index contributed by atoms with van der Waals surface area (Å²) in [5.41, 5.74) is 1.83. The average Bonchev–Trinajstić information content (AvgIpc) is 2.62. The van der Waals surface area contributed by atoms with Crippen molar-refractivity contribution in [1.82, 2.24) is 10.2 Å². The highest BCUT2D eigenvalue weighted by Gasteiger charge is 2.18. The Morgan fingerprint density at radius 2 is 1.68 bits per heavy atom. The van der Waals surface area contributed by atoms with Crippen LogP contribution in [0.4, 0.5) is 0 Å². The highest BCUT2D eigenvalue weighted by Crippen LogP contribution is 2.25. The quantitative estimate of drug-likeness (QED) is 0.804. The summed E-state index contributed by atoms with van der Waals surface area (Å²) in [7, 11) is 5.19. The Hall–Kier alpha value is -2.37. The van der Waals surface area contributed by atoms with Crippen molar-refractivity contribution < 1.29 is 14.3 Å². The molecule has 0 saturated carbocycles. The standard InChI is InChI=1S/C19H21ClN2O3/c1-22(2)17(15-6-4-5-7-16(15)20)12-21-18(23)13-8-10-14(11-9-13)19(24)25-3/h4-11,17H,12H2,1-3H3,(H,21,23). The summed E-state index contributed by atoms with van der Waals surface area (Å²) in [6.45, 7) is 0.411. The van der Waals surface area contributed by atoms with Crippen molar-refractivity contribution >= 4 is 23.5 Å². The maximum atomic E-state index is 12.4. The third kappa shape index (κ3) is 4.81. The van der Waals surface area contributed by atoms with Crippen molar-refractivity contribution in [3.05, 3.63) is 70.2 Å². The number of carbonyl (C=O) groups is 2. The van der Waals surface area contributed by atoms with Crippen LogP contribution in [-0.4, -0.2) is 44.5 Å². The molecule has 0 aliphatic carbocycles. The number of hydrogen-bond donors (Lipinski definition) is 1. The van der Waals surface area contributed by atoms with Gasteiger partial charge in [-0.1, -0.05) is 29.8 Å². The number of ether oxygens (including phenoxy) is 1. The zero-order valence-electron chi connectivity index (χ0n) is 14.5. The molecule has 2 rings (SSSR count). The summed E-state index contributed by atoms with van der Waals surface area (Å²) in [4.78, 5) is 25.8. The molecular weight excluding hydrogens is 340 g/mol. The summed E-state index contributed by atoms with van der Waals surface area (Å²) < 4.78 is 4.64. The lowest BCUT2D eigenvalue weighted by molar-refractivity contribution is 0.0600. The van der Waals surface area contributed by atoms with Crippen LogP contribution < -0.4 is 5.32 Å². The monoisotopic (exact) mass is 360 g/mol. The molecule has 1 N–H and O–H groups in total. The summed E-state index contributed by atoms with van der Waals surface area (Å²) in [5, 5.41) is 3.58. The number of rotatable bonds is 6. The van der Waals surface area contributed by atoms with E-state index in [0.29, 0.717) is 22.7 Å². The zero-order chi connectivity index (χ0) is 18.4. The number of benzene rings is 2. The first-order valence-electron chi connectivity index (χ1n) is 7.81. The molecule has 0 aliphatic heterocycles. The van der Waals surface area contributed by atoms with Crippen LogP contribution >= 0.6 is 11.6 Å². The van der Waals surface area contributed by atoms with E-state index in [1.807, 2.05) is 43.3 Å². The number of methoxy groups -OCH3 is 1. The predicted octanol–water partition coefficient (Wildman–Crippen LogP) is 3.16. The van der Waals surface area contributed by atoms with Gasteiger partial charge in [-0.3, -0.25) is 4.79 Å². The van der Waals surface area contributed by atoms with E-state index in [2.05, 4.69) is 10.1 Å². The van der Waals surface area contributed by atoms with E-state index in [1.165, 1.54) is 7.11 Å². The number of nitrogens with zero attached hydrogens (tertiary/aromatic N) is 1. The molecule has 0 radical (unpaired) electrons. The molecule has 132 valence electrons. The molecule has 2 aromatic rings. The van der Waals surface area contributed by atoms with Crippen molar-refractivity contribution in [3.8, 4) is 0 Å². The number of halogens is 1. The third-order valence-electron chi connectivity index (χ3n) is 3.91. The minimum atomic E-state index is -0.432. The largest absolute Gasteiger partial charge is 0.465 e. The molecule has 6 heteroatoms. The van der Waals surface area contributed by atoms with Gasteiger partial charge < -0.3 is 15.0 Å². The lowest BCUT2D eigenvalue weighted by atomic mass is 10.1. The summed E-state index contributed by atoms with van der Waals surface area (Å²) in [5.74, 6) is -0.645. The first kappa shape index (κ1) is 19.0. The fourth-order valence-electron chi connectivity index (χ4n) is 2.48. The first-order valence-corrected chi connectivity index (χ1v) is 8.19. The molecule has 0 spiro atoms. The van der Waals surface area contributed by atoms with Crippen LogP contribution in [0.5, 0.6) is 0 Å². The molecule has 5 nitrogen and oxygen atoms in total. The zero-order valence-corrected chi connectivity index (χ0v) is 15.2. The van der Waals surface area contributed by atoms with Crippen molar-refractivity contribution in [2.75, 3.05) is 27.7 Å². The SMILES string of the molecule is COC(=O)c1ccc(C(=O)NCC(c2ccccc2Cl)N(C)C)cc1. The van der Waals surface area contributed by atoms with Gasteiger partial charge in [0.15, 0.2) is 0 Å². The third-order valence-corrected chi connectivity index (χ3v) is 4.26. The second kappa shape index (κ2) is 8.65. The van der Waals surface area contributed by atoms with E-state index in [1.54, 1.807) is 24.3 Å². The van der Waals surface area contributed by atoms with Crippen molar-refractivity contribution in [2.24, 2.45) is 0 Å². The molecule has 0 aliphatic rings.